The summed E-state index contributed by atoms with van der Waals surface area (Å²) in [6, 6.07) is 9.38. The minimum atomic E-state index is -0.000864. The number of ether oxygens (including phenoxy) is 2. The van der Waals surface area contributed by atoms with Crippen LogP contribution in [0.15, 0.2) is 41.0 Å². The van der Waals surface area contributed by atoms with E-state index in [9.17, 15) is 4.79 Å². The van der Waals surface area contributed by atoms with Crippen molar-refractivity contribution in [3.05, 3.63) is 47.9 Å². The molecule has 1 amide bonds. The van der Waals surface area contributed by atoms with Crippen molar-refractivity contribution in [3.8, 4) is 11.5 Å². The third-order valence-corrected chi connectivity index (χ3v) is 3.12. The van der Waals surface area contributed by atoms with E-state index in [2.05, 4.69) is 5.32 Å². The van der Waals surface area contributed by atoms with E-state index in [0.29, 0.717) is 19.4 Å². The summed E-state index contributed by atoms with van der Waals surface area (Å²) in [6.07, 6.45) is 2.69. The van der Waals surface area contributed by atoms with Gasteiger partial charge in [-0.3, -0.25) is 4.79 Å². The van der Waals surface area contributed by atoms with Gasteiger partial charge in [-0.05, 0) is 36.2 Å². The molecule has 5 heteroatoms. The number of hydrogen-bond acceptors (Lipinski definition) is 4. The Bertz CT molecular complexity index is 592. The number of carbonyl (C=O) groups is 1. The molecule has 1 aromatic carbocycles. The smallest absolute Gasteiger partial charge is 0.231 e. The van der Waals surface area contributed by atoms with Crippen LogP contribution >= 0.6 is 0 Å². The predicted molar refractivity (Wildman–Crippen MR) is 71.4 cm³/mol. The maximum Gasteiger partial charge on any atom is 0.231 e. The first-order valence-corrected chi connectivity index (χ1v) is 6.49. The molecule has 0 fully saturated rings. The molecule has 1 aliphatic heterocycles. The van der Waals surface area contributed by atoms with Crippen molar-refractivity contribution >= 4 is 5.91 Å². The molecule has 0 bridgehead atoms. The molecule has 1 aromatic heterocycles. The minimum absolute atomic E-state index is 0.000864. The number of amides is 1. The highest BCUT2D eigenvalue weighted by atomic mass is 16.7. The average molecular weight is 273 g/mol. The Balaban J connectivity index is 1.48. The molecule has 2 heterocycles. The summed E-state index contributed by atoms with van der Waals surface area (Å²) in [5.41, 5.74) is 1.06. The van der Waals surface area contributed by atoms with Crippen LogP contribution in [0.4, 0.5) is 0 Å². The molecule has 20 heavy (non-hydrogen) atoms. The second kappa shape index (κ2) is 5.69. The van der Waals surface area contributed by atoms with E-state index in [0.717, 1.165) is 22.8 Å². The fourth-order valence-corrected chi connectivity index (χ4v) is 2.04. The molecular weight excluding hydrogens is 258 g/mol. The lowest BCUT2D eigenvalue weighted by molar-refractivity contribution is -0.121. The standard InChI is InChI=1S/C15H15NO4/c17-15(16-9-12-2-1-7-18-12)6-4-11-3-5-13-14(8-11)20-10-19-13/h1-3,5,7-8H,4,6,9-10H2,(H,16,17). The zero-order chi connectivity index (χ0) is 13.8. The van der Waals surface area contributed by atoms with Gasteiger partial charge >= 0.3 is 0 Å². The fraction of sp³-hybridized carbons (Fsp3) is 0.267. The Morgan fingerprint density at radius 1 is 1.20 bits per heavy atom. The van der Waals surface area contributed by atoms with Crippen molar-refractivity contribution in [2.75, 3.05) is 6.79 Å². The molecule has 0 radical (unpaired) electrons. The van der Waals surface area contributed by atoms with Crippen LogP contribution in [0.1, 0.15) is 17.7 Å². The third kappa shape index (κ3) is 2.93. The van der Waals surface area contributed by atoms with Crippen LogP contribution in [-0.4, -0.2) is 12.7 Å². The highest BCUT2D eigenvalue weighted by molar-refractivity contribution is 5.76. The quantitative estimate of drug-likeness (QED) is 0.907. The van der Waals surface area contributed by atoms with Crippen LogP contribution in [0.2, 0.25) is 0 Å². The van der Waals surface area contributed by atoms with Crippen molar-refractivity contribution in [2.45, 2.75) is 19.4 Å². The topological polar surface area (TPSA) is 60.7 Å². The highest BCUT2D eigenvalue weighted by Gasteiger charge is 2.13. The SMILES string of the molecule is O=C(CCc1ccc2c(c1)OCO2)NCc1ccco1. The molecule has 104 valence electrons. The number of rotatable bonds is 5. The number of aryl methyl sites for hydroxylation is 1. The molecule has 0 aliphatic carbocycles. The van der Waals surface area contributed by atoms with E-state index in [1.165, 1.54) is 0 Å². The molecule has 0 saturated carbocycles. The maximum absolute atomic E-state index is 11.7. The monoisotopic (exact) mass is 273 g/mol. The molecule has 3 rings (SSSR count). The number of furan rings is 1. The van der Waals surface area contributed by atoms with Gasteiger partial charge in [0, 0.05) is 6.42 Å². The summed E-state index contributed by atoms with van der Waals surface area (Å²) < 4.78 is 15.7. The normalized spacial score (nSPS) is 12.4. The van der Waals surface area contributed by atoms with Crippen LogP contribution in [0.3, 0.4) is 0 Å². The van der Waals surface area contributed by atoms with Crippen molar-refractivity contribution in [2.24, 2.45) is 0 Å². The molecule has 1 aliphatic rings. The second-order valence-corrected chi connectivity index (χ2v) is 4.54. The van der Waals surface area contributed by atoms with Gasteiger partial charge in [0.1, 0.15) is 5.76 Å². The lowest BCUT2D eigenvalue weighted by Gasteiger charge is -2.04. The van der Waals surface area contributed by atoms with Gasteiger partial charge in [0.25, 0.3) is 0 Å². The van der Waals surface area contributed by atoms with Crippen LogP contribution in [-0.2, 0) is 17.8 Å². The summed E-state index contributed by atoms with van der Waals surface area (Å²) in [5.74, 6) is 2.26. The number of fused-ring (bicyclic) bond motifs is 1. The molecular formula is C15H15NO4. The van der Waals surface area contributed by atoms with E-state index in [-0.39, 0.29) is 12.7 Å². The number of hydrogen-bond donors (Lipinski definition) is 1. The van der Waals surface area contributed by atoms with Crippen molar-refractivity contribution in [1.82, 2.24) is 5.32 Å². The van der Waals surface area contributed by atoms with Gasteiger partial charge < -0.3 is 19.2 Å². The Kier molecular flexibility index (Phi) is 3.58. The van der Waals surface area contributed by atoms with Gasteiger partial charge in [-0.15, -0.1) is 0 Å². The second-order valence-electron chi connectivity index (χ2n) is 4.54. The lowest BCUT2D eigenvalue weighted by atomic mass is 10.1. The Morgan fingerprint density at radius 2 is 2.10 bits per heavy atom. The van der Waals surface area contributed by atoms with Crippen LogP contribution < -0.4 is 14.8 Å². The summed E-state index contributed by atoms with van der Waals surface area (Å²) >= 11 is 0. The first kappa shape index (κ1) is 12.6. The van der Waals surface area contributed by atoms with Crippen molar-refractivity contribution in [3.63, 3.8) is 0 Å². The number of carbonyl (C=O) groups excluding carboxylic acids is 1. The molecule has 0 spiro atoms. The molecule has 0 saturated heterocycles. The van der Waals surface area contributed by atoms with E-state index in [1.54, 1.807) is 12.3 Å². The Labute approximate surface area is 116 Å². The lowest BCUT2D eigenvalue weighted by Crippen LogP contribution is -2.22. The van der Waals surface area contributed by atoms with Gasteiger partial charge in [-0.2, -0.15) is 0 Å². The molecule has 0 atom stereocenters. The summed E-state index contributed by atoms with van der Waals surface area (Å²) in [4.78, 5) is 11.7. The average Bonchev–Trinajstić information content (AvgIpc) is 3.13. The predicted octanol–water partition coefficient (Wildman–Crippen LogP) is 2.26. The molecule has 1 N–H and O–H groups in total. The summed E-state index contributed by atoms with van der Waals surface area (Å²) in [5, 5.41) is 2.82. The van der Waals surface area contributed by atoms with Crippen LogP contribution in [0, 0.1) is 0 Å². The van der Waals surface area contributed by atoms with Gasteiger partial charge in [-0.25, -0.2) is 0 Å². The highest BCUT2D eigenvalue weighted by Crippen LogP contribution is 2.32. The zero-order valence-corrected chi connectivity index (χ0v) is 10.9. The first-order valence-electron chi connectivity index (χ1n) is 6.49. The zero-order valence-electron chi connectivity index (χ0n) is 10.9. The van der Waals surface area contributed by atoms with Crippen molar-refractivity contribution in [1.29, 1.82) is 0 Å². The van der Waals surface area contributed by atoms with Gasteiger partial charge in [0.2, 0.25) is 12.7 Å². The van der Waals surface area contributed by atoms with E-state index in [1.807, 2.05) is 24.3 Å². The Hall–Kier alpha value is -2.43. The summed E-state index contributed by atoms with van der Waals surface area (Å²) in [6.45, 7) is 0.690. The maximum atomic E-state index is 11.7. The van der Waals surface area contributed by atoms with Gasteiger partial charge in [-0.1, -0.05) is 6.07 Å². The number of benzene rings is 1. The Morgan fingerprint density at radius 3 is 2.95 bits per heavy atom. The first-order chi connectivity index (χ1) is 9.81. The fourth-order valence-electron chi connectivity index (χ4n) is 2.04. The van der Waals surface area contributed by atoms with E-state index >= 15 is 0 Å². The number of nitrogens with one attached hydrogen (secondary N) is 1. The van der Waals surface area contributed by atoms with Gasteiger partial charge in [0.15, 0.2) is 11.5 Å². The third-order valence-electron chi connectivity index (χ3n) is 3.12. The van der Waals surface area contributed by atoms with E-state index in [4.69, 9.17) is 13.9 Å². The molecule has 2 aromatic rings. The summed E-state index contributed by atoms with van der Waals surface area (Å²) in [7, 11) is 0. The largest absolute Gasteiger partial charge is 0.467 e. The van der Waals surface area contributed by atoms with E-state index < -0.39 is 0 Å². The van der Waals surface area contributed by atoms with Crippen LogP contribution in [0.25, 0.3) is 0 Å². The van der Waals surface area contributed by atoms with Gasteiger partial charge in [0.05, 0.1) is 12.8 Å². The minimum Gasteiger partial charge on any atom is -0.467 e. The molecule has 5 nitrogen and oxygen atoms in total. The molecule has 0 unspecified atom stereocenters. The van der Waals surface area contributed by atoms with Crippen LogP contribution in [0.5, 0.6) is 11.5 Å². The van der Waals surface area contributed by atoms with Crippen molar-refractivity contribution < 1.29 is 18.7 Å².